The predicted molar refractivity (Wildman–Crippen MR) is 111 cm³/mol. The number of esters is 1. The monoisotopic (exact) mass is 392 g/mol. The number of methoxy groups -OCH3 is 1. The fraction of sp³-hybridized carbons (Fsp3) is 0.227. The number of nitrogens with one attached hydrogen (secondary N) is 1. The van der Waals surface area contributed by atoms with Gasteiger partial charge in [0, 0.05) is 11.6 Å². The van der Waals surface area contributed by atoms with Crippen LogP contribution in [0, 0.1) is 0 Å². The summed E-state index contributed by atoms with van der Waals surface area (Å²) in [6, 6.07) is 17.1. The van der Waals surface area contributed by atoms with Gasteiger partial charge in [-0.1, -0.05) is 30.3 Å². The lowest BCUT2D eigenvalue weighted by molar-refractivity contribution is 0.0601. The highest BCUT2D eigenvalue weighted by Crippen LogP contribution is 2.18. The highest BCUT2D eigenvalue weighted by atomic mass is 16.5. The van der Waals surface area contributed by atoms with Crippen LogP contribution < -0.4 is 11.1 Å². The maximum Gasteiger partial charge on any atom is 0.343 e. The lowest BCUT2D eigenvalue weighted by atomic mass is 10.1. The van der Waals surface area contributed by atoms with E-state index in [9.17, 15) is 9.59 Å². The minimum atomic E-state index is -0.547. The van der Waals surface area contributed by atoms with Crippen LogP contribution in [0.25, 0.3) is 5.69 Å². The average molecular weight is 392 g/mol. The number of hydrogen-bond acceptors (Lipinski definition) is 5. The molecule has 2 aromatic carbocycles. The van der Waals surface area contributed by atoms with Gasteiger partial charge in [-0.3, -0.25) is 4.79 Å². The van der Waals surface area contributed by atoms with Gasteiger partial charge in [-0.2, -0.15) is 5.10 Å². The van der Waals surface area contributed by atoms with Gasteiger partial charge in [0.15, 0.2) is 0 Å². The lowest BCUT2D eigenvalue weighted by Crippen LogP contribution is -2.32. The quantitative estimate of drug-likeness (QED) is 0.602. The first-order chi connectivity index (χ1) is 14.0. The van der Waals surface area contributed by atoms with Crippen molar-refractivity contribution < 1.29 is 14.3 Å². The van der Waals surface area contributed by atoms with Gasteiger partial charge in [-0.05, 0) is 49.6 Å². The van der Waals surface area contributed by atoms with Gasteiger partial charge >= 0.3 is 5.97 Å². The zero-order valence-electron chi connectivity index (χ0n) is 16.5. The Bertz CT molecular complexity index is 981. The van der Waals surface area contributed by atoms with E-state index >= 15 is 0 Å². The van der Waals surface area contributed by atoms with Crippen LogP contribution in [0.1, 0.15) is 39.6 Å². The van der Waals surface area contributed by atoms with Gasteiger partial charge in [-0.25, -0.2) is 9.48 Å². The molecule has 0 saturated heterocycles. The van der Waals surface area contributed by atoms with E-state index in [4.69, 9.17) is 5.73 Å². The van der Waals surface area contributed by atoms with Gasteiger partial charge in [0.05, 0.1) is 19.0 Å². The largest absolute Gasteiger partial charge is 0.465 e. The first kappa shape index (κ1) is 20.1. The van der Waals surface area contributed by atoms with Crippen molar-refractivity contribution in [2.45, 2.75) is 25.8 Å². The standard InChI is InChI=1S/C22H24N4O3/c1-15(8-9-16-6-4-3-5-7-16)25-21(27)17-10-12-18(13-11-17)26-20(23)19(14-24-26)22(28)29-2/h3-7,10-15H,8-9,23H2,1-2H3,(H,25,27)/t15-/m0/s1. The summed E-state index contributed by atoms with van der Waals surface area (Å²) in [6.07, 6.45) is 3.12. The molecule has 3 rings (SSSR count). The van der Waals surface area contributed by atoms with Crippen molar-refractivity contribution in [3.63, 3.8) is 0 Å². The van der Waals surface area contributed by atoms with Crippen LogP contribution in [0.5, 0.6) is 0 Å². The molecule has 0 aliphatic rings. The molecular formula is C22H24N4O3. The number of benzene rings is 2. The molecule has 7 heteroatoms. The minimum Gasteiger partial charge on any atom is -0.465 e. The van der Waals surface area contributed by atoms with Crippen molar-refractivity contribution in [1.29, 1.82) is 0 Å². The molecule has 1 aromatic heterocycles. The maximum absolute atomic E-state index is 12.5. The molecule has 1 amide bonds. The summed E-state index contributed by atoms with van der Waals surface area (Å²) in [6.45, 7) is 1.99. The van der Waals surface area contributed by atoms with Crippen molar-refractivity contribution in [1.82, 2.24) is 15.1 Å². The second-order valence-electron chi connectivity index (χ2n) is 6.79. The summed E-state index contributed by atoms with van der Waals surface area (Å²) in [5.41, 5.74) is 8.61. The van der Waals surface area contributed by atoms with Crippen LogP contribution in [0.15, 0.2) is 60.8 Å². The Kier molecular flexibility index (Phi) is 6.29. The molecule has 0 fully saturated rings. The Morgan fingerprint density at radius 1 is 1.14 bits per heavy atom. The highest BCUT2D eigenvalue weighted by molar-refractivity contribution is 5.95. The Hall–Kier alpha value is -3.61. The van der Waals surface area contributed by atoms with Crippen molar-refractivity contribution >= 4 is 17.7 Å². The molecule has 29 heavy (non-hydrogen) atoms. The van der Waals surface area contributed by atoms with Gasteiger partial charge in [-0.15, -0.1) is 0 Å². The third kappa shape index (κ3) is 4.82. The molecule has 150 valence electrons. The maximum atomic E-state index is 12.5. The molecular weight excluding hydrogens is 368 g/mol. The SMILES string of the molecule is COC(=O)c1cnn(-c2ccc(C(=O)N[C@@H](C)CCc3ccccc3)cc2)c1N. The van der Waals surface area contributed by atoms with Crippen molar-refractivity contribution in [2.24, 2.45) is 0 Å². The van der Waals surface area contributed by atoms with E-state index in [1.807, 2.05) is 25.1 Å². The number of aryl methyl sites for hydroxylation is 1. The number of ether oxygens (including phenoxy) is 1. The lowest BCUT2D eigenvalue weighted by Gasteiger charge is -2.14. The van der Waals surface area contributed by atoms with E-state index in [-0.39, 0.29) is 23.3 Å². The Morgan fingerprint density at radius 3 is 2.48 bits per heavy atom. The van der Waals surface area contributed by atoms with E-state index in [1.54, 1.807) is 24.3 Å². The van der Waals surface area contributed by atoms with Gasteiger partial charge < -0.3 is 15.8 Å². The number of hydrogen-bond donors (Lipinski definition) is 2. The number of amides is 1. The third-order valence-electron chi connectivity index (χ3n) is 4.67. The molecule has 0 spiro atoms. The molecule has 0 bridgehead atoms. The Labute approximate surface area is 169 Å². The number of nitrogen functional groups attached to an aromatic ring is 1. The van der Waals surface area contributed by atoms with Crippen LogP contribution in [-0.2, 0) is 11.2 Å². The molecule has 0 aliphatic heterocycles. The minimum absolute atomic E-state index is 0.0479. The summed E-state index contributed by atoms with van der Waals surface area (Å²) >= 11 is 0. The molecule has 1 atom stereocenters. The number of aromatic nitrogens is 2. The van der Waals surface area contributed by atoms with E-state index in [2.05, 4.69) is 27.3 Å². The van der Waals surface area contributed by atoms with Crippen LogP contribution in [0.4, 0.5) is 5.82 Å². The molecule has 3 aromatic rings. The number of anilines is 1. The smallest absolute Gasteiger partial charge is 0.343 e. The van der Waals surface area contributed by atoms with Crippen molar-refractivity contribution in [2.75, 3.05) is 12.8 Å². The first-order valence-corrected chi connectivity index (χ1v) is 9.36. The fourth-order valence-electron chi connectivity index (χ4n) is 2.99. The van der Waals surface area contributed by atoms with Gasteiger partial charge in [0.1, 0.15) is 11.4 Å². The number of carbonyl (C=O) groups is 2. The summed E-state index contributed by atoms with van der Waals surface area (Å²) in [5, 5.41) is 7.14. The normalized spacial score (nSPS) is 11.7. The van der Waals surface area contributed by atoms with Gasteiger partial charge in [0.25, 0.3) is 5.91 Å². The molecule has 1 heterocycles. The second kappa shape index (κ2) is 9.05. The third-order valence-corrected chi connectivity index (χ3v) is 4.67. The van der Waals surface area contributed by atoms with Gasteiger partial charge in [0.2, 0.25) is 0 Å². The summed E-state index contributed by atoms with van der Waals surface area (Å²) in [7, 11) is 1.29. The van der Waals surface area contributed by atoms with Crippen LogP contribution in [-0.4, -0.2) is 34.8 Å². The van der Waals surface area contributed by atoms with E-state index < -0.39 is 5.97 Å². The predicted octanol–water partition coefficient (Wildman–Crippen LogP) is 2.99. The summed E-state index contributed by atoms with van der Waals surface area (Å²) in [5.74, 6) is -0.501. The topological polar surface area (TPSA) is 99.2 Å². The van der Waals surface area contributed by atoms with E-state index in [0.717, 1.165) is 12.8 Å². The van der Waals surface area contributed by atoms with Crippen molar-refractivity contribution in [3.05, 3.63) is 77.5 Å². The van der Waals surface area contributed by atoms with E-state index in [0.29, 0.717) is 11.3 Å². The number of carbonyl (C=O) groups excluding carboxylic acids is 2. The Morgan fingerprint density at radius 2 is 1.83 bits per heavy atom. The second-order valence-corrected chi connectivity index (χ2v) is 6.79. The number of rotatable bonds is 7. The molecule has 3 N–H and O–H groups in total. The zero-order chi connectivity index (χ0) is 20.8. The zero-order valence-corrected chi connectivity index (χ0v) is 16.5. The van der Waals surface area contributed by atoms with E-state index in [1.165, 1.54) is 23.6 Å². The first-order valence-electron chi connectivity index (χ1n) is 9.36. The summed E-state index contributed by atoms with van der Waals surface area (Å²) in [4.78, 5) is 24.2. The van der Waals surface area contributed by atoms with Crippen LogP contribution in [0.2, 0.25) is 0 Å². The van der Waals surface area contributed by atoms with Crippen LogP contribution >= 0.6 is 0 Å². The average Bonchev–Trinajstić information content (AvgIpc) is 3.14. The Balaban J connectivity index is 1.61. The fourth-order valence-corrected chi connectivity index (χ4v) is 2.99. The molecule has 7 nitrogen and oxygen atoms in total. The molecule has 0 aliphatic carbocycles. The number of nitrogens with zero attached hydrogens (tertiary/aromatic N) is 2. The number of nitrogens with two attached hydrogens (primary N) is 1. The highest BCUT2D eigenvalue weighted by Gasteiger charge is 2.17. The molecule has 0 unspecified atom stereocenters. The van der Waals surface area contributed by atoms with Crippen LogP contribution in [0.3, 0.4) is 0 Å². The van der Waals surface area contributed by atoms with Crippen molar-refractivity contribution in [3.8, 4) is 5.69 Å². The molecule has 0 radical (unpaired) electrons. The molecule has 0 saturated carbocycles. The summed E-state index contributed by atoms with van der Waals surface area (Å²) < 4.78 is 6.10.